The third-order valence-electron chi connectivity index (χ3n) is 5.20. The van der Waals surface area contributed by atoms with Crippen molar-refractivity contribution in [1.29, 1.82) is 0 Å². The highest BCUT2D eigenvalue weighted by molar-refractivity contribution is 7.92. The molecule has 3 N–H and O–H groups in total. The van der Waals surface area contributed by atoms with E-state index in [4.69, 9.17) is 4.74 Å². The van der Waals surface area contributed by atoms with E-state index in [0.717, 1.165) is 25.7 Å². The summed E-state index contributed by atoms with van der Waals surface area (Å²) in [4.78, 5) is 23.6. The molecule has 32 heavy (non-hydrogen) atoms. The maximum atomic E-state index is 12.7. The van der Waals surface area contributed by atoms with Gasteiger partial charge in [0.25, 0.3) is 15.9 Å². The molecule has 1 aliphatic carbocycles. The number of rotatable bonds is 8. The average Bonchev–Trinajstić information content (AvgIpc) is 2.74. The summed E-state index contributed by atoms with van der Waals surface area (Å²) in [6.07, 6.45) is 4.76. The minimum atomic E-state index is -3.84. The zero-order valence-electron chi connectivity index (χ0n) is 18.3. The first-order valence-electron chi connectivity index (χ1n) is 10.7. The highest BCUT2D eigenvalue weighted by atomic mass is 32.2. The number of amides is 2. The van der Waals surface area contributed by atoms with Crippen LogP contribution in [-0.4, -0.2) is 32.4 Å². The van der Waals surface area contributed by atoms with Crippen molar-refractivity contribution < 1.29 is 22.7 Å². The second kappa shape index (κ2) is 10.5. The van der Waals surface area contributed by atoms with Crippen LogP contribution >= 0.6 is 0 Å². The molecule has 2 aromatic rings. The molecule has 0 radical (unpaired) electrons. The van der Waals surface area contributed by atoms with E-state index in [-0.39, 0.29) is 22.8 Å². The molecule has 1 atom stereocenters. The van der Waals surface area contributed by atoms with Gasteiger partial charge in [0.1, 0.15) is 5.75 Å². The quantitative estimate of drug-likeness (QED) is 0.557. The Balaban J connectivity index is 1.60. The van der Waals surface area contributed by atoms with Gasteiger partial charge in [0.15, 0.2) is 6.10 Å². The summed E-state index contributed by atoms with van der Waals surface area (Å²) in [5.41, 5.74) is 0.812. The van der Waals surface area contributed by atoms with Gasteiger partial charge in [0.05, 0.1) is 10.6 Å². The highest BCUT2D eigenvalue weighted by Crippen LogP contribution is 2.22. The predicted molar refractivity (Wildman–Crippen MR) is 123 cm³/mol. The third-order valence-corrected chi connectivity index (χ3v) is 6.60. The Bertz CT molecular complexity index is 1050. The third kappa shape index (κ3) is 6.71. The molecule has 0 aliphatic heterocycles. The number of carbonyl (C=O) groups is 2. The van der Waals surface area contributed by atoms with Crippen LogP contribution in [0.5, 0.6) is 5.75 Å². The lowest BCUT2D eigenvalue weighted by Crippen LogP contribution is -2.43. The van der Waals surface area contributed by atoms with Crippen LogP contribution in [-0.2, 0) is 19.6 Å². The number of hydrogen-bond donors (Lipinski definition) is 3. The first-order chi connectivity index (χ1) is 15.2. The van der Waals surface area contributed by atoms with Crippen molar-refractivity contribution in [3.8, 4) is 5.75 Å². The SMILES string of the molecule is CC(=O)Nc1cccc(NS(=O)(=O)c2ccc(O[C@H](C)C(=O)NC3CCCCC3)cc2)c1. The van der Waals surface area contributed by atoms with Crippen LogP contribution in [0.3, 0.4) is 0 Å². The van der Waals surface area contributed by atoms with Gasteiger partial charge in [-0.2, -0.15) is 0 Å². The van der Waals surface area contributed by atoms with Gasteiger partial charge in [0.2, 0.25) is 5.91 Å². The summed E-state index contributed by atoms with van der Waals surface area (Å²) in [7, 11) is -3.84. The Labute approximate surface area is 188 Å². The van der Waals surface area contributed by atoms with Crippen molar-refractivity contribution in [2.24, 2.45) is 0 Å². The van der Waals surface area contributed by atoms with E-state index in [1.165, 1.54) is 43.7 Å². The number of ether oxygens (including phenoxy) is 1. The maximum absolute atomic E-state index is 12.7. The standard InChI is InChI=1S/C23H29N3O5S/c1-16(23(28)25-18-7-4-3-5-8-18)31-21-11-13-22(14-12-21)32(29,30)26-20-10-6-9-19(15-20)24-17(2)27/h6,9-16,18,26H,3-5,7-8H2,1-2H3,(H,24,27)(H,25,28)/t16-/m1/s1. The highest BCUT2D eigenvalue weighted by Gasteiger charge is 2.21. The number of nitrogens with one attached hydrogen (secondary N) is 3. The first-order valence-corrected chi connectivity index (χ1v) is 12.2. The van der Waals surface area contributed by atoms with E-state index < -0.39 is 16.1 Å². The van der Waals surface area contributed by atoms with Crippen LogP contribution in [0, 0.1) is 0 Å². The molecular weight excluding hydrogens is 430 g/mol. The van der Waals surface area contributed by atoms with Gasteiger partial charge >= 0.3 is 0 Å². The number of anilines is 2. The predicted octanol–water partition coefficient (Wildman–Crippen LogP) is 3.66. The molecule has 2 amide bonds. The molecule has 0 bridgehead atoms. The van der Waals surface area contributed by atoms with Crippen molar-refractivity contribution in [3.63, 3.8) is 0 Å². The van der Waals surface area contributed by atoms with Crippen molar-refractivity contribution in [2.75, 3.05) is 10.0 Å². The molecule has 8 nitrogen and oxygen atoms in total. The summed E-state index contributed by atoms with van der Waals surface area (Å²) in [6, 6.07) is 12.5. The van der Waals surface area contributed by atoms with E-state index in [1.807, 2.05) is 0 Å². The van der Waals surface area contributed by atoms with E-state index >= 15 is 0 Å². The van der Waals surface area contributed by atoms with Crippen LogP contribution in [0.4, 0.5) is 11.4 Å². The van der Waals surface area contributed by atoms with Gasteiger partial charge < -0.3 is 15.4 Å². The topological polar surface area (TPSA) is 114 Å². The van der Waals surface area contributed by atoms with Crippen molar-refractivity contribution in [1.82, 2.24) is 5.32 Å². The van der Waals surface area contributed by atoms with E-state index in [1.54, 1.807) is 25.1 Å². The van der Waals surface area contributed by atoms with Gasteiger partial charge in [-0.3, -0.25) is 14.3 Å². The Morgan fingerprint density at radius 3 is 2.31 bits per heavy atom. The second-order valence-corrected chi connectivity index (χ2v) is 9.62. The summed E-state index contributed by atoms with van der Waals surface area (Å²) < 4.78 is 33.6. The first kappa shape index (κ1) is 23.6. The fraction of sp³-hybridized carbons (Fsp3) is 0.391. The van der Waals surface area contributed by atoms with Crippen LogP contribution in [0.1, 0.15) is 46.0 Å². The Morgan fingerprint density at radius 2 is 1.66 bits per heavy atom. The Morgan fingerprint density at radius 1 is 1.00 bits per heavy atom. The smallest absolute Gasteiger partial charge is 0.261 e. The molecule has 1 saturated carbocycles. The van der Waals surface area contributed by atoms with Crippen molar-refractivity contribution in [2.45, 2.75) is 63.0 Å². The van der Waals surface area contributed by atoms with Gasteiger partial charge in [-0.1, -0.05) is 25.3 Å². The average molecular weight is 460 g/mol. The molecule has 0 unspecified atom stereocenters. The van der Waals surface area contributed by atoms with Crippen molar-refractivity contribution >= 4 is 33.2 Å². The fourth-order valence-electron chi connectivity index (χ4n) is 3.60. The fourth-order valence-corrected chi connectivity index (χ4v) is 4.65. The molecule has 0 aromatic heterocycles. The minimum Gasteiger partial charge on any atom is -0.481 e. The van der Waals surface area contributed by atoms with Gasteiger partial charge in [0, 0.05) is 18.7 Å². The number of hydrogen-bond acceptors (Lipinski definition) is 5. The molecule has 0 heterocycles. The largest absolute Gasteiger partial charge is 0.481 e. The van der Waals surface area contributed by atoms with E-state index in [0.29, 0.717) is 17.1 Å². The van der Waals surface area contributed by atoms with Crippen molar-refractivity contribution in [3.05, 3.63) is 48.5 Å². The maximum Gasteiger partial charge on any atom is 0.261 e. The number of benzene rings is 2. The molecule has 1 aliphatic rings. The molecule has 9 heteroatoms. The van der Waals surface area contributed by atoms with Crippen LogP contribution in [0.15, 0.2) is 53.4 Å². The second-order valence-electron chi connectivity index (χ2n) is 7.94. The molecule has 172 valence electrons. The monoisotopic (exact) mass is 459 g/mol. The number of carbonyl (C=O) groups excluding carboxylic acids is 2. The van der Waals surface area contributed by atoms with Crippen LogP contribution in [0.2, 0.25) is 0 Å². The van der Waals surface area contributed by atoms with Gasteiger partial charge in [-0.05, 0) is 62.2 Å². The summed E-state index contributed by atoms with van der Waals surface area (Å²) in [5.74, 6) is -0.0144. The molecule has 3 rings (SSSR count). The molecule has 1 fully saturated rings. The lowest BCUT2D eigenvalue weighted by Gasteiger charge is -2.24. The molecule has 2 aromatic carbocycles. The minimum absolute atomic E-state index is 0.0501. The zero-order chi connectivity index (χ0) is 23.1. The summed E-state index contributed by atoms with van der Waals surface area (Å²) in [6.45, 7) is 3.05. The van der Waals surface area contributed by atoms with E-state index in [2.05, 4.69) is 15.4 Å². The molecule has 0 spiro atoms. The Kier molecular flexibility index (Phi) is 7.74. The Hall–Kier alpha value is -3.07. The normalized spacial score (nSPS) is 15.4. The van der Waals surface area contributed by atoms with Gasteiger partial charge in [-0.25, -0.2) is 8.42 Å². The lowest BCUT2D eigenvalue weighted by molar-refractivity contribution is -0.128. The zero-order valence-corrected chi connectivity index (χ0v) is 19.1. The lowest BCUT2D eigenvalue weighted by atomic mass is 9.95. The number of sulfonamides is 1. The van der Waals surface area contributed by atoms with Crippen LogP contribution in [0.25, 0.3) is 0 Å². The molecule has 0 saturated heterocycles. The van der Waals surface area contributed by atoms with Crippen LogP contribution < -0.4 is 20.1 Å². The molecular formula is C23H29N3O5S. The summed E-state index contributed by atoms with van der Waals surface area (Å²) >= 11 is 0. The summed E-state index contributed by atoms with van der Waals surface area (Å²) in [5, 5.41) is 5.63. The van der Waals surface area contributed by atoms with Gasteiger partial charge in [-0.15, -0.1) is 0 Å². The van der Waals surface area contributed by atoms with E-state index in [9.17, 15) is 18.0 Å².